The number of carbonyl (C=O) groups is 1. The molecule has 11 heteroatoms. The second kappa shape index (κ2) is 12.5. The number of benzene rings is 2. The summed E-state index contributed by atoms with van der Waals surface area (Å²) in [4.78, 5) is 20.1. The molecule has 4 heterocycles. The van der Waals surface area contributed by atoms with Crippen molar-refractivity contribution < 1.29 is 28.2 Å². The highest BCUT2D eigenvalue weighted by molar-refractivity contribution is 5.82. The molecular formula is C37H37F2N5O4. The van der Waals surface area contributed by atoms with Gasteiger partial charge in [0.05, 0.1) is 18.8 Å². The SMILES string of the molecule is COCc1nn(C)cc1-c1cc2c(cc1C(F)F)N(c1cc(-c3ccnc(OC4(C)C=CC=CC4)c3)cc3c1CN(C(=O)O)C3)CCC2. The third-order valence-electron chi connectivity index (χ3n) is 9.30. The van der Waals surface area contributed by atoms with Crippen LogP contribution < -0.4 is 9.64 Å². The van der Waals surface area contributed by atoms with Gasteiger partial charge in [-0.3, -0.25) is 9.58 Å². The van der Waals surface area contributed by atoms with Gasteiger partial charge in [0.1, 0.15) is 5.60 Å². The monoisotopic (exact) mass is 653 g/mol. The molecule has 2 aliphatic heterocycles. The molecule has 1 amide bonds. The molecule has 7 rings (SSSR count). The first-order chi connectivity index (χ1) is 23.1. The maximum atomic E-state index is 14.8. The molecule has 248 valence electrons. The number of nitrogens with zero attached hydrogens (tertiary/aromatic N) is 5. The molecule has 1 aliphatic carbocycles. The van der Waals surface area contributed by atoms with Gasteiger partial charge < -0.3 is 19.5 Å². The van der Waals surface area contributed by atoms with E-state index in [0.29, 0.717) is 41.4 Å². The van der Waals surface area contributed by atoms with Crippen LogP contribution in [0.3, 0.4) is 0 Å². The number of halogens is 2. The maximum Gasteiger partial charge on any atom is 0.407 e. The van der Waals surface area contributed by atoms with Gasteiger partial charge >= 0.3 is 6.09 Å². The fraction of sp³-hybridized carbons (Fsp3) is 0.324. The zero-order valence-electron chi connectivity index (χ0n) is 27.1. The molecule has 0 fully saturated rings. The third-order valence-corrected chi connectivity index (χ3v) is 9.30. The van der Waals surface area contributed by atoms with Crippen LogP contribution in [0.2, 0.25) is 0 Å². The van der Waals surface area contributed by atoms with Gasteiger partial charge in [-0.1, -0.05) is 18.2 Å². The van der Waals surface area contributed by atoms with Crippen LogP contribution in [0.5, 0.6) is 5.88 Å². The molecule has 2 aromatic carbocycles. The first-order valence-electron chi connectivity index (χ1n) is 16.0. The summed E-state index contributed by atoms with van der Waals surface area (Å²) in [6, 6.07) is 11.3. The lowest BCUT2D eigenvalue weighted by atomic mass is 9.91. The smallest absolute Gasteiger partial charge is 0.407 e. The lowest BCUT2D eigenvalue weighted by Crippen LogP contribution is -2.30. The average molecular weight is 654 g/mol. The molecule has 0 radical (unpaired) electrons. The van der Waals surface area contributed by atoms with E-state index in [4.69, 9.17) is 9.47 Å². The van der Waals surface area contributed by atoms with Gasteiger partial charge in [0.15, 0.2) is 0 Å². The molecule has 48 heavy (non-hydrogen) atoms. The Kier molecular flexibility index (Phi) is 8.24. The van der Waals surface area contributed by atoms with E-state index >= 15 is 0 Å². The lowest BCUT2D eigenvalue weighted by molar-refractivity contribution is 0.136. The molecule has 4 aromatic rings. The van der Waals surface area contributed by atoms with Gasteiger partial charge in [-0.25, -0.2) is 18.6 Å². The Morgan fingerprint density at radius 2 is 1.92 bits per heavy atom. The van der Waals surface area contributed by atoms with Gasteiger partial charge in [-0.15, -0.1) is 0 Å². The minimum Gasteiger partial charge on any atom is -0.467 e. The number of aromatic nitrogens is 3. The number of ether oxygens (including phenoxy) is 2. The van der Waals surface area contributed by atoms with Gasteiger partial charge in [0.25, 0.3) is 6.43 Å². The van der Waals surface area contributed by atoms with Crippen LogP contribution in [0.25, 0.3) is 22.3 Å². The summed E-state index contributed by atoms with van der Waals surface area (Å²) in [5.41, 5.74) is 7.01. The Balaban J connectivity index is 1.33. The van der Waals surface area contributed by atoms with E-state index in [1.54, 1.807) is 37.3 Å². The van der Waals surface area contributed by atoms with Crippen LogP contribution in [-0.4, -0.2) is 50.1 Å². The van der Waals surface area contributed by atoms with Gasteiger partial charge in [-0.05, 0) is 84.0 Å². The van der Waals surface area contributed by atoms with Crippen LogP contribution in [-0.2, 0) is 37.9 Å². The molecule has 0 saturated carbocycles. The van der Waals surface area contributed by atoms with E-state index in [0.717, 1.165) is 46.3 Å². The topological polar surface area (TPSA) is 93.0 Å². The Morgan fingerprint density at radius 3 is 2.67 bits per heavy atom. The molecular weight excluding hydrogens is 616 g/mol. The number of methoxy groups -OCH3 is 1. The summed E-state index contributed by atoms with van der Waals surface area (Å²) in [5.74, 6) is 0.477. The van der Waals surface area contributed by atoms with E-state index in [1.165, 1.54) is 4.90 Å². The molecule has 1 N–H and O–H groups in total. The van der Waals surface area contributed by atoms with Crippen molar-refractivity contribution in [1.82, 2.24) is 19.7 Å². The molecule has 0 saturated heterocycles. The number of pyridine rings is 1. The van der Waals surface area contributed by atoms with Crippen LogP contribution in [0.4, 0.5) is 25.0 Å². The number of alkyl halides is 2. The van der Waals surface area contributed by atoms with Crippen LogP contribution >= 0.6 is 0 Å². The Hall–Kier alpha value is -5.03. The quantitative estimate of drug-likeness (QED) is 0.206. The van der Waals surface area contributed by atoms with Crippen molar-refractivity contribution in [3.05, 3.63) is 101 Å². The normalized spacial score (nSPS) is 18.4. The lowest BCUT2D eigenvalue weighted by Gasteiger charge is -2.34. The summed E-state index contributed by atoms with van der Waals surface area (Å²) in [6.45, 7) is 3.26. The average Bonchev–Trinajstić information content (AvgIpc) is 3.67. The maximum absolute atomic E-state index is 14.8. The van der Waals surface area contributed by atoms with Crippen molar-refractivity contribution in [2.75, 3.05) is 18.6 Å². The first kappa shape index (κ1) is 31.6. The third kappa shape index (κ3) is 5.94. The predicted octanol–water partition coefficient (Wildman–Crippen LogP) is 7.96. The van der Waals surface area contributed by atoms with Crippen molar-refractivity contribution in [2.45, 2.75) is 57.9 Å². The highest BCUT2D eigenvalue weighted by Gasteiger charge is 2.32. The van der Waals surface area contributed by atoms with Crippen LogP contribution in [0, 0.1) is 0 Å². The summed E-state index contributed by atoms with van der Waals surface area (Å²) < 4.78 is 42.9. The minimum atomic E-state index is -2.73. The number of anilines is 2. The number of allylic oxidation sites excluding steroid dienone is 2. The summed E-state index contributed by atoms with van der Waals surface area (Å²) in [5, 5.41) is 14.4. The van der Waals surface area contributed by atoms with E-state index in [1.807, 2.05) is 55.5 Å². The van der Waals surface area contributed by atoms with E-state index < -0.39 is 18.1 Å². The van der Waals surface area contributed by atoms with Crippen molar-refractivity contribution in [2.24, 2.45) is 7.05 Å². The highest BCUT2D eigenvalue weighted by atomic mass is 19.3. The molecule has 0 bridgehead atoms. The van der Waals surface area contributed by atoms with Gasteiger partial charge in [0.2, 0.25) is 5.88 Å². The highest BCUT2D eigenvalue weighted by Crippen LogP contribution is 2.45. The number of hydrogen-bond acceptors (Lipinski definition) is 6. The van der Waals surface area contributed by atoms with E-state index in [9.17, 15) is 18.7 Å². The fourth-order valence-electron chi connectivity index (χ4n) is 7.02. The zero-order chi connectivity index (χ0) is 33.6. The van der Waals surface area contributed by atoms with Gasteiger partial charge in [-0.2, -0.15) is 5.10 Å². The molecule has 1 unspecified atom stereocenters. The predicted molar refractivity (Wildman–Crippen MR) is 179 cm³/mol. The van der Waals surface area contributed by atoms with E-state index in [-0.39, 0.29) is 25.3 Å². The Morgan fingerprint density at radius 1 is 1.06 bits per heavy atom. The number of aryl methyl sites for hydroxylation is 2. The second-order valence-electron chi connectivity index (χ2n) is 12.8. The fourth-order valence-corrected chi connectivity index (χ4v) is 7.02. The largest absolute Gasteiger partial charge is 0.467 e. The summed E-state index contributed by atoms with van der Waals surface area (Å²) >= 11 is 0. The van der Waals surface area contributed by atoms with E-state index in [2.05, 4.69) is 21.1 Å². The number of carboxylic acid groups (broad SMARTS) is 1. The second-order valence-corrected chi connectivity index (χ2v) is 12.8. The molecule has 3 aliphatic rings. The minimum absolute atomic E-state index is 0.0815. The van der Waals surface area contributed by atoms with Crippen LogP contribution in [0.15, 0.2) is 73.1 Å². The van der Waals surface area contributed by atoms with Gasteiger partial charge in [0, 0.05) is 80.2 Å². The first-order valence-corrected chi connectivity index (χ1v) is 16.0. The van der Waals surface area contributed by atoms with Crippen LogP contribution in [0.1, 0.15) is 54.1 Å². The Bertz CT molecular complexity index is 1950. The molecule has 0 spiro atoms. The number of amides is 1. The summed E-state index contributed by atoms with van der Waals surface area (Å²) in [7, 11) is 3.32. The molecule has 2 aromatic heterocycles. The molecule has 9 nitrogen and oxygen atoms in total. The Labute approximate surface area is 277 Å². The number of fused-ring (bicyclic) bond motifs is 2. The molecule has 1 atom stereocenters. The number of rotatable bonds is 8. The van der Waals surface area contributed by atoms with Crippen molar-refractivity contribution in [3.63, 3.8) is 0 Å². The number of hydrogen-bond donors (Lipinski definition) is 1. The van der Waals surface area contributed by atoms with Crippen molar-refractivity contribution in [1.29, 1.82) is 0 Å². The zero-order valence-corrected chi connectivity index (χ0v) is 27.1. The summed E-state index contributed by atoms with van der Waals surface area (Å²) in [6.07, 6.45) is 9.98. The van der Waals surface area contributed by atoms with Crippen molar-refractivity contribution >= 4 is 17.5 Å². The van der Waals surface area contributed by atoms with Crippen molar-refractivity contribution in [3.8, 4) is 28.1 Å². The standard InChI is InChI=1S/C37H37F2N5O4/c1-37(10-5-4-6-11-37)48-34-17-23(9-12-40-34)25-14-26-19-43(36(45)46)21-29(26)33(16-25)44-13-7-8-24-15-27(28(35(38)39)18-32(24)44)30-20-42(2)41-31(30)22-47-3/h4-6,9-10,12,14-18,20,35H,7-8,11,13,19,21-22H2,1-3H3,(H,45,46).